The molecule has 2 aromatic rings. The summed E-state index contributed by atoms with van der Waals surface area (Å²) in [6.07, 6.45) is 3.59. The second-order valence-electron chi connectivity index (χ2n) is 4.61. The highest BCUT2D eigenvalue weighted by Crippen LogP contribution is 2.12. The standard InChI is InChI=1S/C15H15N3O2/c1-10(14(20)13-5-3-4-7-16-13)9-12-6-8-17-15(18-12)11(2)19/h3-8,10H,9H2,1-2H3. The number of nitrogens with zero attached hydrogens (tertiary/aromatic N) is 3. The predicted octanol–water partition coefficient (Wildman–Crippen LogP) is 2.14. The van der Waals surface area contributed by atoms with E-state index in [0.29, 0.717) is 17.8 Å². The van der Waals surface area contributed by atoms with Crippen molar-refractivity contribution in [2.45, 2.75) is 20.3 Å². The molecule has 0 bridgehead atoms. The zero-order valence-corrected chi connectivity index (χ0v) is 11.4. The quantitative estimate of drug-likeness (QED) is 0.777. The Morgan fingerprint density at radius 2 is 1.95 bits per heavy atom. The first kappa shape index (κ1) is 14.0. The second kappa shape index (κ2) is 6.14. The molecule has 2 aromatic heterocycles. The number of aromatic nitrogens is 3. The Morgan fingerprint density at radius 1 is 1.15 bits per heavy atom. The molecule has 0 N–H and O–H groups in total. The summed E-state index contributed by atoms with van der Waals surface area (Å²) in [7, 11) is 0. The molecule has 0 aromatic carbocycles. The largest absolute Gasteiger partial charge is 0.292 e. The fourth-order valence-corrected chi connectivity index (χ4v) is 1.85. The van der Waals surface area contributed by atoms with Crippen molar-refractivity contribution in [2.24, 2.45) is 5.92 Å². The van der Waals surface area contributed by atoms with Gasteiger partial charge in [-0.1, -0.05) is 13.0 Å². The smallest absolute Gasteiger partial charge is 0.196 e. The Balaban J connectivity index is 2.12. The van der Waals surface area contributed by atoms with Crippen LogP contribution in [0.3, 0.4) is 0 Å². The van der Waals surface area contributed by atoms with Gasteiger partial charge in [-0.2, -0.15) is 0 Å². The Bertz CT molecular complexity index is 626. The predicted molar refractivity (Wildman–Crippen MR) is 73.5 cm³/mol. The Hall–Kier alpha value is -2.43. The summed E-state index contributed by atoms with van der Waals surface area (Å²) in [5.74, 6) is -0.288. The lowest BCUT2D eigenvalue weighted by Crippen LogP contribution is -2.16. The van der Waals surface area contributed by atoms with Gasteiger partial charge in [-0.25, -0.2) is 9.97 Å². The van der Waals surface area contributed by atoms with E-state index in [9.17, 15) is 9.59 Å². The Labute approximate surface area is 117 Å². The third kappa shape index (κ3) is 3.32. The van der Waals surface area contributed by atoms with E-state index in [4.69, 9.17) is 0 Å². The van der Waals surface area contributed by atoms with Crippen LogP contribution < -0.4 is 0 Å². The fourth-order valence-electron chi connectivity index (χ4n) is 1.85. The number of carbonyl (C=O) groups is 2. The highest BCUT2D eigenvalue weighted by molar-refractivity contribution is 5.96. The molecule has 5 heteroatoms. The molecular weight excluding hydrogens is 254 g/mol. The van der Waals surface area contributed by atoms with Crippen molar-refractivity contribution >= 4 is 11.6 Å². The van der Waals surface area contributed by atoms with E-state index in [2.05, 4.69) is 15.0 Å². The van der Waals surface area contributed by atoms with E-state index in [-0.39, 0.29) is 23.3 Å². The maximum absolute atomic E-state index is 12.2. The van der Waals surface area contributed by atoms with Gasteiger partial charge < -0.3 is 0 Å². The summed E-state index contributed by atoms with van der Waals surface area (Å²) < 4.78 is 0. The van der Waals surface area contributed by atoms with E-state index < -0.39 is 0 Å². The van der Waals surface area contributed by atoms with Crippen LogP contribution in [0, 0.1) is 5.92 Å². The minimum absolute atomic E-state index is 0.0337. The molecule has 0 aliphatic carbocycles. The lowest BCUT2D eigenvalue weighted by atomic mass is 9.98. The van der Waals surface area contributed by atoms with Gasteiger partial charge in [0.25, 0.3) is 0 Å². The van der Waals surface area contributed by atoms with Crippen LogP contribution in [0.25, 0.3) is 0 Å². The van der Waals surface area contributed by atoms with Gasteiger partial charge >= 0.3 is 0 Å². The molecule has 0 spiro atoms. The lowest BCUT2D eigenvalue weighted by molar-refractivity contribution is 0.0923. The zero-order chi connectivity index (χ0) is 14.5. The normalized spacial score (nSPS) is 11.9. The number of Topliss-reactive ketones (excluding diaryl/α,β-unsaturated/α-hetero) is 2. The number of rotatable bonds is 5. The van der Waals surface area contributed by atoms with Crippen molar-refractivity contribution in [3.8, 4) is 0 Å². The SMILES string of the molecule is CC(=O)c1nccc(CC(C)C(=O)c2ccccn2)n1. The molecule has 0 saturated heterocycles. The average molecular weight is 269 g/mol. The van der Waals surface area contributed by atoms with Crippen LogP contribution in [0.2, 0.25) is 0 Å². The highest BCUT2D eigenvalue weighted by atomic mass is 16.1. The molecule has 1 unspecified atom stereocenters. The second-order valence-corrected chi connectivity index (χ2v) is 4.61. The summed E-state index contributed by atoms with van der Waals surface area (Å²) in [6.45, 7) is 3.24. The number of hydrogen-bond acceptors (Lipinski definition) is 5. The molecule has 2 rings (SSSR count). The highest BCUT2D eigenvalue weighted by Gasteiger charge is 2.17. The Kier molecular flexibility index (Phi) is 4.30. The van der Waals surface area contributed by atoms with E-state index in [1.165, 1.54) is 13.1 Å². The molecule has 2 heterocycles. The Morgan fingerprint density at radius 3 is 2.60 bits per heavy atom. The number of pyridine rings is 1. The minimum Gasteiger partial charge on any atom is -0.292 e. The van der Waals surface area contributed by atoms with E-state index >= 15 is 0 Å². The topological polar surface area (TPSA) is 72.8 Å². The van der Waals surface area contributed by atoms with Crippen LogP contribution in [0.1, 0.15) is 40.6 Å². The van der Waals surface area contributed by atoms with Crippen LogP contribution in [-0.2, 0) is 6.42 Å². The van der Waals surface area contributed by atoms with E-state index in [0.717, 1.165) is 0 Å². The first-order chi connectivity index (χ1) is 9.58. The van der Waals surface area contributed by atoms with Crippen LogP contribution in [-0.4, -0.2) is 26.5 Å². The summed E-state index contributed by atoms with van der Waals surface area (Å²) >= 11 is 0. The first-order valence-electron chi connectivity index (χ1n) is 6.36. The third-order valence-corrected chi connectivity index (χ3v) is 2.91. The zero-order valence-electron chi connectivity index (χ0n) is 11.4. The van der Waals surface area contributed by atoms with Crippen molar-refractivity contribution in [2.75, 3.05) is 0 Å². The maximum Gasteiger partial charge on any atom is 0.196 e. The summed E-state index contributed by atoms with van der Waals surface area (Å²) in [6, 6.07) is 6.96. The molecule has 0 fully saturated rings. The van der Waals surface area contributed by atoms with Crippen molar-refractivity contribution in [1.82, 2.24) is 15.0 Å². The first-order valence-corrected chi connectivity index (χ1v) is 6.36. The van der Waals surface area contributed by atoms with Gasteiger partial charge in [0, 0.05) is 30.9 Å². The van der Waals surface area contributed by atoms with E-state index in [1.54, 1.807) is 30.5 Å². The van der Waals surface area contributed by atoms with Crippen LogP contribution in [0.4, 0.5) is 0 Å². The molecule has 0 aliphatic rings. The van der Waals surface area contributed by atoms with E-state index in [1.807, 2.05) is 6.92 Å². The maximum atomic E-state index is 12.2. The van der Waals surface area contributed by atoms with Gasteiger partial charge in [-0.3, -0.25) is 14.6 Å². The minimum atomic E-state index is -0.250. The molecule has 20 heavy (non-hydrogen) atoms. The van der Waals surface area contributed by atoms with Gasteiger partial charge in [0.1, 0.15) is 5.69 Å². The fraction of sp³-hybridized carbons (Fsp3) is 0.267. The van der Waals surface area contributed by atoms with Crippen molar-refractivity contribution < 1.29 is 9.59 Å². The van der Waals surface area contributed by atoms with Gasteiger partial charge in [0.2, 0.25) is 0 Å². The van der Waals surface area contributed by atoms with Gasteiger partial charge in [0.15, 0.2) is 17.4 Å². The van der Waals surface area contributed by atoms with Crippen LogP contribution >= 0.6 is 0 Å². The molecule has 1 atom stereocenters. The van der Waals surface area contributed by atoms with Crippen molar-refractivity contribution in [3.63, 3.8) is 0 Å². The van der Waals surface area contributed by atoms with Gasteiger partial charge in [-0.05, 0) is 24.6 Å². The molecule has 5 nitrogen and oxygen atoms in total. The molecule has 0 aliphatic heterocycles. The average Bonchev–Trinajstić information content (AvgIpc) is 2.47. The van der Waals surface area contributed by atoms with Crippen molar-refractivity contribution in [3.05, 3.63) is 53.9 Å². The summed E-state index contributed by atoms with van der Waals surface area (Å²) in [5, 5.41) is 0. The monoisotopic (exact) mass is 269 g/mol. The number of carbonyl (C=O) groups excluding carboxylic acids is 2. The molecular formula is C15H15N3O2. The van der Waals surface area contributed by atoms with Crippen molar-refractivity contribution in [1.29, 1.82) is 0 Å². The number of hydrogen-bond donors (Lipinski definition) is 0. The van der Waals surface area contributed by atoms with Gasteiger partial charge in [-0.15, -0.1) is 0 Å². The summed E-state index contributed by atoms with van der Waals surface area (Å²) in [4.78, 5) is 35.5. The number of ketones is 2. The van der Waals surface area contributed by atoms with Crippen LogP contribution in [0.5, 0.6) is 0 Å². The molecule has 0 saturated carbocycles. The molecule has 0 radical (unpaired) electrons. The lowest BCUT2D eigenvalue weighted by Gasteiger charge is -2.09. The summed E-state index contributed by atoms with van der Waals surface area (Å²) in [5.41, 5.74) is 1.13. The third-order valence-electron chi connectivity index (χ3n) is 2.91. The van der Waals surface area contributed by atoms with Crippen LogP contribution in [0.15, 0.2) is 36.7 Å². The molecule has 0 amide bonds. The van der Waals surface area contributed by atoms with Gasteiger partial charge in [0.05, 0.1) is 0 Å². The molecule has 102 valence electrons.